The predicted octanol–water partition coefficient (Wildman–Crippen LogP) is 0.228. The molecule has 0 bridgehead atoms. The van der Waals surface area contributed by atoms with Crippen molar-refractivity contribution in [1.29, 1.82) is 5.26 Å². The number of benzene rings is 1. The highest BCUT2D eigenvalue weighted by molar-refractivity contribution is 5.87. The molecule has 76 valence electrons. The van der Waals surface area contributed by atoms with Crippen LogP contribution in [0.25, 0.3) is 0 Å². The van der Waals surface area contributed by atoms with Gasteiger partial charge in [0.2, 0.25) is 5.91 Å². The lowest BCUT2D eigenvalue weighted by molar-refractivity contribution is -0.143. The molecule has 0 aliphatic carbocycles. The van der Waals surface area contributed by atoms with E-state index in [-0.39, 0.29) is 11.9 Å². The fourth-order valence-corrected chi connectivity index (χ4v) is 1.63. The zero-order valence-electron chi connectivity index (χ0n) is 8.18. The Balaban J connectivity index is 2.06. The smallest absolute Gasteiger partial charge is 0.241 e. The van der Waals surface area contributed by atoms with E-state index in [1.807, 2.05) is 12.1 Å². The van der Waals surface area contributed by atoms with Crippen molar-refractivity contribution >= 4 is 5.91 Å². The van der Waals surface area contributed by atoms with Crippen molar-refractivity contribution in [2.75, 3.05) is 6.54 Å². The summed E-state index contributed by atoms with van der Waals surface area (Å²) < 4.78 is 0. The van der Waals surface area contributed by atoms with Gasteiger partial charge >= 0.3 is 0 Å². The molecule has 1 saturated heterocycles. The number of carbonyl (C=O) groups is 1. The molecule has 1 amide bonds. The molecule has 1 aromatic carbocycles. The van der Waals surface area contributed by atoms with Crippen molar-refractivity contribution in [3.05, 3.63) is 35.4 Å². The van der Waals surface area contributed by atoms with Gasteiger partial charge in [-0.1, -0.05) is 12.1 Å². The van der Waals surface area contributed by atoms with E-state index in [1.54, 1.807) is 17.0 Å². The predicted molar refractivity (Wildman–Crippen MR) is 54.5 cm³/mol. The summed E-state index contributed by atoms with van der Waals surface area (Å²) >= 11 is 0. The Morgan fingerprint density at radius 2 is 2.40 bits per heavy atom. The van der Waals surface area contributed by atoms with Crippen molar-refractivity contribution in [1.82, 2.24) is 4.90 Å². The molecular weight excluding hydrogens is 190 g/mol. The highest BCUT2D eigenvalue weighted by Crippen LogP contribution is 2.14. The van der Waals surface area contributed by atoms with Crippen molar-refractivity contribution in [2.45, 2.75) is 12.6 Å². The Labute approximate surface area is 87.9 Å². The monoisotopic (exact) mass is 201 g/mol. The normalized spacial score (nSPS) is 19.6. The molecule has 4 heteroatoms. The Morgan fingerprint density at radius 1 is 1.60 bits per heavy atom. The molecule has 15 heavy (non-hydrogen) atoms. The van der Waals surface area contributed by atoms with Crippen LogP contribution in [0.15, 0.2) is 24.3 Å². The van der Waals surface area contributed by atoms with E-state index in [9.17, 15) is 4.79 Å². The molecule has 1 atom stereocenters. The SMILES string of the molecule is N#Cc1cccc(CN2CC(N)C2=O)c1. The molecule has 1 fully saturated rings. The number of likely N-dealkylation sites (tertiary alicyclic amines) is 1. The first-order valence-electron chi connectivity index (χ1n) is 4.74. The zero-order chi connectivity index (χ0) is 10.8. The van der Waals surface area contributed by atoms with E-state index in [1.165, 1.54) is 0 Å². The molecule has 2 rings (SSSR count). The van der Waals surface area contributed by atoms with Gasteiger partial charge in [0.05, 0.1) is 11.6 Å². The third-order valence-corrected chi connectivity index (χ3v) is 2.48. The number of nitrogens with two attached hydrogens (primary N) is 1. The van der Waals surface area contributed by atoms with Gasteiger partial charge < -0.3 is 10.6 Å². The van der Waals surface area contributed by atoms with Gasteiger partial charge in [-0.25, -0.2) is 0 Å². The summed E-state index contributed by atoms with van der Waals surface area (Å²) in [7, 11) is 0. The zero-order valence-corrected chi connectivity index (χ0v) is 8.18. The lowest BCUT2D eigenvalue weighted by Crippen LogP contribution is -2.60. The average molecular weight is 201 g/mol. The van der Waals surface area contributed by atoms with Crippen LogP contribution in [0.2, 0.25) is 0 Å². The first-order valence-corrected chi connectivity index (χ1v) is 4.74. The summed E-state index contributed by atoms with van der Waals surface area (Å²) in [4.78, 5) is 12.9. The molecule has 1 aliphatic rings. The fourth-order valence-electron chi connectivity index (χ4n) is 1.63. The van der Waals surface area contributed by atoms with E-state index >= 15 is 0 Å². The van der Waals surface area contributed by atoms with Crippen LogP contribution in [0.4, 0.5) is 0 Å². The summed E-state index contributed by atoms with van der Waals surface area (Å²) in [5.41, 5.74) is 7.06. The summed E-state index contributed by atoms with van der Waals surface area (Å²) in [5, 5.41) is 8.71. The molecule has 4 nitrogen and oxygen atoms in total. The maximum Gasteiger partial charge on any atom is 0.241 e. The van der Waals surface area contributed by atoms with Crippen LogP contribution >= 0.6 is 0 Å². The van der Waals surface area contributed by atoms with Crippen LogP contribution in [-0.4, -0.2) is 23.4 Å². The Bertz CT molecular complexity index is 436. The van der Waals surface area contributed by atoms with Crippen LogP contribution in [0.3, 0.4) is 0 Å². The van der Waals surface area contributed by atoms with Crippen molar-refractivity contribution in [3.8, 4) is 6.07 Å². The number of nitriles is 1. The summed E-state index contributed by atoms with van der Waals surface area (Å²) in [6.45, 7) is 1.15. The van der Waals surface area contributed by atoms with Crippen LogP contribution in [0.5, 0.6) is 0 Å². The maximum atomic E-state index is 11.3. The topological polar surface area (TPSA) is 70.1 Å². The second-order valence-electron chi connectivity index (χ2n) is 3.64. The van der Waals surface area contributed by atoms with Gasteiger partial charge in [-0.15, -0.1) is 0 Å². The van der Waals surface area contributed by atoms with Gasteiger partial charge in [0, 0.05) is 13.1 Å². The van der Waals surface area contributed by atoms with E-state index in [0.717, 1.165) is 5.56 Å². The van der Waals surface area contributed by atoms with Crippen LogP contribution < -0.4 is 5.73 Å². The van der Waals surface area contributed by atoms with Gasteiger partial charge in [-0.3, -0.25) is 4.79 Å². The molecule has 1 heterocycles. The third kappa shape index (κ3) is 1.83. The fraction of sp³-hybridized carbons (Fsp3) is 0.273. The van der Waals surface area contributed by atoms with Gasteiger partial charge in [0.15, 0.2) is 0 Å². The maximum absolute atomic E-state index is 11.3. The summed E-state index contributed by atoms with van der Waals surface area (Å²) in [6.07, 6.45) is 0. The number of hydrogen-bond donors (Lipinski definition) is 1. The first kappa shape index (κ1) is 9.69. The minimum Gasteiger partial charge on any atom is -0.335 e. The van der Waals surface area contributed by atoms with E-state index in [4.69, 9.17) is 11.0 Å². The molecule has 0 aromatic heterocycles. The van der Waals surface area contributed by atoms with E-state index in [0.29, 0.717) is 18.7 Å². The van der Waals surface area contributed by atoms with E-state index in [2.05, 4.69) is 6.07 Å². The lowest BCUT2D eigenvalue weighted by Gasteiger charge is -2.36. The Morgan fingerprint density at radius 3 is 3.00 bits per heavy atom. The van der Waals surface area contributed by atoms with Crippen LogP contribution in [-0.2, 0) is 11.3 Å². The molecule has 1 aliphatic heterocycles. The highest BCUT2D eigenvalue weighted by Gasteiger charge is 2.32. The van der Waals surface area contributed by atoms with Crippen LogP contribution in [0.1, 0.15) is 11.1 Å². The third-order valence-electron chi connectivity index (χ3n) is 2.48. The summed E-state index contributed by atoms with van der Waals surface area (Å²) in [6, 6.07) is 8.99. The number of amides is 1. The second-order valence-corrected chi connectivity index (χ2v) is 3.64. The van der Waals surface area contributed by atoms with Gasteiger partial charge in [0.1, 0.15) is 6.04 Å². The van der Waals surface area contributed by atoms with Crippen molar-refractivity contribution in [2.24, 2.45) is 5.73 Å². The molecular formula is C11H11N3O. The molecule has 0 radical (unpaired) electrons. The molecule has 1 aromatic rings. The number of β-lactam (4-membered cyclic amide) rings is 1. The highest BCUT2D eigenvalue weighted by atomic mass is 16.2. The minimum atomic E-state index is -0.329. The first-order chi connectivity index (χ1) is 7.20. The minimum absolute atomic E-state index is 0.0163. The number of hydrogen-bond acceptors (Lipinski definition) is 3. The second kappa shape index (κ2) is 3.71. The summed E-state index contributed by atoms with van der Waals surface area (Å²) in [5.74, 6) is -0.0163. The van der Waals surface area contributed by atoms with Crippen molar-refractivity contribution in [3.63, 3.8) is 0 Å². The molecule has 0 spiro atoms. The largest absolute Gasteiger partial charge is 0.335 e. The number of nitrogens with zero attached hydrogens (tertiary/aromatic N) is 2. The molecule has 1 unspecified atom stereocenters. The Hall–Kier alpha value is -1.86. The van der Waals surface area contributed by atoms with Crippen molar-refractivity contribution < 1.29 is 4.79 Å². The molecule has 2 N–H and O–H groups in total. The quantitative estimate of drug-likeness (QED) is 0.696. The van der Waals surface area contributed by atoms with Crippen LogP contribution in [0, 0.1) is 11.3 Å². The van der Waals surface area contributed by atoms with E-state index < -0.39 is 0 Å². The number of carbonyl (C=O) groups excluding carboxylic acids is 1. The van der Waals surface area contributed by atoms with Gasteiger partial charge in [-0.05, 0) is 17.7 Å². The van der Waals surface area contributed by atoms with Gasteiger partial charge in [0.25, 0.3) is 0 Å². The average Bonchev–Trinajstić information content (AvgIpc) is 2.28. The lowest BCUT2D eigenvalue weighted by atomic mass is 10.1. The standard InChI is InChI=1S/C11H11N3O/c12-5-8-2-1-3-9(4-8)6-14-7-10(13)11(14)15/h1-4,10H,6-7,13H2. The Kier molecular flexibility index (Phi) is 2.40. The van der Waals surface area contributed by atoms with Gasteiger partial charge in [-0.2, -0.15) is 5.26 Å². The number of rotatable bonds is 2. The molecule has 0 saturated carbocycles.